The molecule has 0 spiro atoms. The minimum atomic E-state index is -0.651. The topological polar surface area (TPSA) is 60.7 Å². The SMILES string of the molecule is C=C1/C(=C\C=C(/CCCC)c2cccc(CCCCCC(C)(C)O)c2)C[C@@H](O)CC1O. The predicted octanol–water partition coefficient (Wildman–Crippen LogP) is 6.13. The molecule has 3 N–H and O–H groups in total. The highest BCUT2D eigenvalue weighted by molar-refractivity contribution is 5.68. The molecule has 0 bridgehead atoms. The number of unbranched alkanes of at least 4 members (excludes halogenated alkanes) is 3. The van der Waals surface area contributed by atoms with Crippen LogP contribution in [-0.2, 0) is 6.42 Å². The zero-order valence-corrected chi connectivity index (χ0v) is 19.7. The second-order valence-corrected chi connectivity index (χ2v) is 9.70. The molecule has 1 fully saturated rings. The van der Waals surface area contributed by atoms with Gasteiger partial charge < -0.3 is 15.3 Å². The van der Waals surface area contributed by atoms with Crippen LogP contribution < -0.4 is 0 Å². The van der Waals surface area contributed by atoms with Crippen LogP contribution in [0.1, 0.15) is 89.7 Å². The molecule has 1 unspecified atom stereocenters. The van der Waals surface area contributed by atoms with Crippen LogP contribution in [0.25, 0.3) is 5.57 Å². The zero-order chi connectivity index (χ0) is 22.9. The third-order valence-electron chi connectivity index (χ3n) is 6.10. The summed E-state index contributed by atoms with van der Waals surface area (Å²) < 4.78 is 0. The summed E-state index contributed by atoms with van der Waals surface area (Å²) in [7, 11) is 0. The highest BCUT2D eigenvalue weighted by Crippen LogP contribution is 2.30. The number of rotatable bonds is 11. The van der Waals surface area contributed by atoms with Crippen molar-refractivity contribution in [3.05, 3.63) is 65.3 Å². The van der Waals surface area contributed by atoms with E-state index in [2.05, 4.69) is 43.8 Å². The van der Waals surface area contributed by atoms with E-state index in [1.807, 2.05) is 19.9 Å². The van der Waals surface area contributed by atoms with Gasteiger partial charge in [-0.2, -0.15) is 0 Å². The Kier molecular flexibility index (Phi) is 10.2. The fourth-order valence-electron chi connectivity index (χ4n) is 4.14. The lowest BCUT2D eigenvalue weighted by Crippen LogP contribution is -2.26. The number of hydrogen-bond acceptors (Lipinski definition) is 3. The molecule has 1 aliphatic rings. The van der Waals surface area contributed by atoms with Crippen LogP contribution in [0.4, 0.5) is 0 Å². The summed E-state index contributed by atoms with van der Waals surface area (Å²) >= 11 is 0. The molecule has 3 nitrogen and oxygen atoms in total. The summed E-state index contributed by atoms with van der Waals surface area (Å²) in [5.41, 5.74) is 5.01. The molecule has 0 saturated heterocycles. The fraction of sp³-hybridized carbons (Fsp3) is 0.571. The number of hydrogen-bond donors (Lipinski definition) is 3. The van der Waals surface area contributed by atoms with E-state index in [4.69, 9.17) is 0 Å². The smallest absolute Gasteiger partial charge is 0.0811 e. The maximum Gasteiger partial charge on any atom is 0.0811 e. The van der Waals surface area contributed by atoms with Crippen LogP contribution in [0.5, 0.6) is 0 Å². The van der Waals surface area contributed by atoms with Gasteiger partial charge in [0.05, 0.1) is 17.8 Å². The molecule has 1 aromatic carbocycles. The quantitative estimate of drug-likeness (QED) is 0.373. The lowest BCUT2D eigenvalue weighted by Gasteiger charge is -2.26. The van der Waals surface area contributed by atoms with Crippen molar-refractivity contribution in [1.29, 1.82) is 0 Å². The summed E-state index contributed by atoms with van der Waals surface area (Å²) in [5.74, 6) is 0. The number of aryl methyl sites for hydroxylation is 1. The van der Waals surface area contributed by atoms with Crippen molar-refractivity contribution in [1.82, 2.24) is 0 Å². The lowest BCUT2D eigenvalue weighted by molar-refractivity contribution is 0.0680. The zero-order valence-electron chi connectivity index (χ0n) is 19.7. The van der Waals surface area contributed by atoms with Gasteiger partial charge in [-0.25, -0.2) is 0 Å². The van der Waals surface area contributed by atoms with E-state index in [1.165, 1.54) is 16.7 Å². The molecule has 0 radical (unpaired) electrons. The van der Waals surface area contributed by atoms with E-state index < -0.39 is 17.8 Å². The van der Waals surface area contributed by atoms with Gasteiger partial charge in [-0.3, -0.25) is 0 Å². The van der Waals surface area contributed by atoms with Crippen molar-refractivity contribution in [3.8, 4) is 0 Å². The summed E-state index contributed by atoms with van der Waals surface area (Å²) in [4.78, 5) is 0. The summed E-state index contributed by atoms with van der Waals surface area (Å²) in [6.45, 7) is 9.98. The monoisotopic (exact) mass is 426 g/mol. The van der Waals surface area contributed by atoms with Crippen molar-refractivity contribution < 1.29 is 15.3 Å². The van der Waals surface area contributed by atoms with Crippen molar-refractivity contribution in [2.75, 3.05) is 0 Å². The van der Waals surface area contributed by atoms with Gasteiger partial charge in [-0.15, -0.1) is 0 Å². The molecule has 0 aromatic heterocycles. The Hall–Kier alpha value is -1.68. The molecular formula is C28H42O3. The minimum absolute atomic E-state index is 0.375. The predicted molar refractivity (Wildman–Crippen MR) is 131 cm³/mol. The van der Waals surface area contributed by atoms with Crippen molar-refractivity contribution >= 4 is 5.57 Å². The molecule has 0 amide bonds. The van der Waals surface area contributed by atoms with Gasteiger partial charge in [0.1, 0.15) is 0 Å². The van der Waals surface area contributed by atoms with E-state index in [0.717, 1.165) is 62.5 Å². The number of benzene rings is 1. The molecule has 0 aliphatic heterocycles. The van der Waals surface area contributed by atoms with Crippen LogP contribution in [0.15, 0.2) is 54.1 Å². The Morgan fingerprint density at radius 1 is 1.16 bits per heavy atom. The molecule has 1 saturated carbocycles. The Labute approximate surface area is 189 Å². The first kappa shape index (κ1) is 25.6. The van der Waals surface area contributed by atoms with E-state index in [1.54, 1.807) is 0 Å². The maximum atomic E-state index is 10.1. The Morgan fingerprint density at radius 3 is 2.65 bits per heavy atom. The van der Waals surface area contributed by atoms with Crippen LogP contribution in [0.3, 0.4) is 0 Å². The van der Waals surface area contributed by atoms with Crippen LogP contribution in [0, 0.1) is 0 Å². The van der Waals surface area contributed by atoms with E-state index in [0.29, 0.717) is 12.8 Å². The first-order valence-corrected chi connectivity index (χ1v) is 12.0. The highest BCUT2D eigenvalue weighted by atomic mass is 16.3. The van der Waals surface area contributed by atoms with Crippen molar-refractivity contribution in [2.24, 2.45) is 0 Å². The molecular weight excluding hydrogens is 384 g/mol. The van der Waals surface area contributed by atoms with Gasteiger partial charge in [-0.05, 0) is 80.2 Å². The lowest BCUT2D eigenvalue weighted by atomic mass is 9.85. The third kappa shape index (κ3) is 9.14. The first-order valence-electron chi connectivity index (χ1n) is 12.0. The van der Waals surface area contributed by atoms with Gasteiger partial charge in [0, 0.05) is 6.42 Å². The van der Waals surface area contributed by atoms with Crippen molar-refractivity contribution in [3.63, 3.8) is 0 Å². The molecule has 0 heterocycles. The Balaban J connectivity index is 2.09. The van der Waals surface area contributed by atoms with Gasteiger partial charge in [-0.1, -0.05) is 69.2 Å². The largest absolute Gasteiger partial charge is 0.393 e. The number of aliphatic hydroxyl groups is 3. The van der Waals surface area contributed by atoms with Crippen LogP contribution in [-0.4, -0.2) is 33.1 Å². The summed E-state index contributed by atoms with van der Waals surface area (Å²) in [6.07, 6.45) is 12.5. The molecule has 1 aliphatic carbocycles. The average Bonchev–Trinajstić information content (AvgIpc) is 2.70. The van der Waals surface area contributed by atoms with E-state index in [-0.39, 0.29) is 0 Å². The van der Waals surface area contributed by atoms with Crippen LogP contribution in [0.2, 0.25) is 0 Å². The third-order valence-corrected chi connectivity index (χ3v) is 6.10. The Morgan fingerprint density at radius 2 is 1.94 bits per heavy atom. The first-order chi connectivity index (χ1) is 14.7. The van der Waals surface area contributed by atoms with E-state index >= 15 is 0 Å². The van der Waals surface area contributed by atoms with E-state index in [9.17, 15) is 15.3 Å². The molecule has 1 aromatic rings. The molecule has 172 valence electrons. The molecule has 31 heavy (non-hydrogen) atoms. The number of allylic oxidation sites excluding steroid dienone is 3. The molecule has 2 rings (SSSR count). The minimum Gasteiger partial charge on any atom is -0.393 e. The number of aliphatic hydroxyl groups excluding tert-OH is 2. The Bertz CT molecular complexity index is 767. The van der Waals surface area contributed by atoms with Gasteiger partial charge in [0.15, 0.2) is 0 Å². The average molecular weight is 427 g/mol. The fourth-order valence-corrected chi connectivity index (χ4v) is 4.14. The van der Waals surface area contributed by atoms with Crippen molar-refractivity contribution in [2.45, 2.75) is 103 Å². The standard InChI is InChI=1S/C28H42O3/c1-5-6-13-23(15-16-24-19-26(29)20-27(30)21(24)2)25-14-10-12-22(18-25)11-8-7-9-17-28(3,4)31/h10,12,14-16,18,26-27,29-31H,2,5-9,11,13,17,19-20H2,1,3-4H3/b23-15+,24-16-/t26-,27?/m1/s1. The van der Waals surface area contributed by atoms with Gasteiger partial charge in [0.25, 0.3) is 0 Å². The molecule has 2 atom stereocenters. The second kappa shape index (κ2) is 12.4. The summed E-state index contributed by atoms with van der Waals surface area (Å²) in [6, 6.07) is 8.82. The maximum absolute atomic E-state index is 10.1. The van der Waals surface area contributed by atoms with Gasteiger partial charge in [0.2, 0.25) is 0 Å². The van der Waals surface area contributed by atoms with Gasteiger partial charge >= 0.3 is 0 Å². The highest BCUT2D eigenvalue weighted by Gasteiger charge is 2.24. The normalized spacial score (nSPS) is 21.7. The molecule has 3 heteroatoms. The van der Waals surface area contributed by atoms with Crippen LogP contribution >= 0.6 is 0 Å². The summed E-state index contributed by atoms with van der Waals surface area (Å²) in [5, 5.41) is 30.0. The second-order valence-electron chi connectivity index (χ2n) is 9.70.